The Kier molecular flexibility index (Phi) is 6.51. The summed E-state index contributed by atoms with van der Waals surface area (Å²) in [6.07, 6.45) is 1.87. The Hall–Kier alpha value is -2.54. The lowest BCUT2D eigenvalue weighted by molar-refractivity contribution is 0.0201. The van der Waals surface area contributed by atoms with E-state index in [0.29, 0.717) is 12.5 Å². The van der Waals surface area contributed by atoms with Gasteiger partial charge in [0.1, 0.15) is 0 Å². The molecule has 2 N–H and O–H groups in total. The number of nitrogens with zero attached hydrogens (tertiary/aromatic N) is 3. The lowest BCUT2D eigenvalue weighted by Crippen LogP contribution is -2.60. The summed E-state index contributed by atoms with van der Waals surface area (Å²) in [4.78, 5) is 16.7. The van der Waals surface area contributed by atoms with Gasteiger partial charge in [-0.2, -0.15) is 0 Å². The molecule has 0 bridgehead atoms. The highest BCUT2D eigenvalue weighted by Gasteiger charge is 2.48. The van der Waals surface area contributed by atoms with Gasteiger partial charge in [0.2, 0.25) is 0 Å². The molecule has 2 heterocycles. The molecule has 0 spiro atoms. The summed E-state index contributed by atoms with van der Waals surface area (Å²) >= 11 is 0. The second kappa shape index (κ2) is 9.30. The monoisotopic (exact) mass is 425 g/mol. The Labute approximate surface area is 185 Å². The van der Waals surface area contributed by atoms with Crippen LogP contribution in [0.25, 0.3) is 0 Å². The van der Waals surface area contributed by atoms with Crippen LogP contribution in [0.4, 0.5) is 10.5 Å². The summed E-state index contributed by atoms with van der Waals surface area (Å²) in [5.41, 5.74) is 2.37. The zero-order valence-electron chi connectivity index (χ0n) is 18.9. The molecule has 7 nitrogen and oxygen atoms in total. The summed E-state index contributed by atoms with van der Waals surface area (Å²) in [5.74, 6) is 1.43. The molecular weight excluding hydrogens is 390 g/mol. The van der Waals surface area contributed by atoms with Crippen molar-refractivity contribution in [1.29, 1.82) is 0 Å². The number of piperazine rings is 1. The van der Waals surface area contributed by atoms with Crippen molar-refractivity contribution < 1.29 is 9.32 Å². The molecule has 168 valence electrons. The van der Waals surface area contributed by atoms with E-state index in [9.17, 15) is 4.79 Å². The van der Waals surface area contributed by atoms with Crippen LogP contribution >= 0.6 is 0 Å². The first-order valence-corrected chi connectivity index (χ1v) is 11.5. The highest BCUT2D eigenvalue weighted by molar-refractivity contribution is 5.74. The van der Waals surface area contributed by atoms with Crippen molar-refractivity contribution >= 4 is 11.7 Å². The minimum Gasteiger partial charge on any atom is -0.369 e. The number of para-hydroxylation sites is 1. The standard InChI is InChI=1S/C24H35N5O2/c1-4-25-23(30)26-22-15-18(24(22,2)3)14-19-16-21(31-27-19)17-28-10-12-29(13-11-28)20-8-6-5-7-9-20/h5-9,16,18,22H,4,10-15,17H2,1-3H3,(H2,25,26,30). The SMILES string of the molecule is CCNC(=O)NC1CC(Cc2cc(CN3CCN(c4ccccc4)CC3)on2)C1(C)C. The fraction of sp³-hybridized carbons (Fsp3) is 0.583. The molecule has 0 radical (unpaired) electrons. The van der Waals surface area contributed by atoms with E-state index in [1.807, 2.05) is 6.92 Å². The van der Waals surface area contributed by atoms with Crippen molar-refractivity contribution in [1.82, 2.24) is 20.7 Å². The van der Waals surface area contributed by atoms with Crippen LogP contribution in [-0.4, -0.2) is 54.9 Å². The van der Waals surface area contributed by atoms with E-state index in [1.54, 1.807) is 0 Å². The molecule has 2 atom stereocenters. The van der Waals surface area contributed by atoms with Crippen LogP contribution in [0.3, 0.4) is 0 Å². The molecule has 2 unspecified atom stereocenters. The van der Waals surface area contributed by atoms with E-state index in [1.165, 1.54) is 5.69 Å². The van der Waals surface area contributed by atoms with Gasteiger partial charge in [-0.1, -0.05) is 37.2 Å². The number of anilines is 1. The molecule has 4 rings (SSSR count). The van der Waals surface area contributed by atoms with Crippen LogP contribution in [0.2, 0.25) is 0 Å². The summed E-state index contributed by atoms with van der Waals surface area (Å²) in [6.45, 7) is 11.9. The van der Waals surface area contributed by atoms with Crippen LogP contribution in [0, 0.1) is 11.3 Å². The molecule has 7 heteroatoms. The van der Waals surface area contributed by atoms with Gasteiger partial charge < -0.3 is 20.1 Å². The molecule has 31 heavy (non-hydrogen) atoms. The first-order chi connectivity index (χ1) is 15.0. The Morgan fingerprint density at radius 2 is 1.94 bits per heavy atom. The van der Waals surface area contributed by atoms with Crippen molar-refractivity contribution in [2.45, 2.75) is 46.2 Å². The van der Waals surface area contributed by atoms with Crippen LogP contribution in [0.15, 0.2) is 40.9 Å². The molecule has 2 fully saturated rings. The summed E-state index contributed by atoms with van der Waals surface area (Å²) in [5, 5.41) is 10.2. The van der Waals surface area contributed by atoms with E-state index in [0.717, 1.165) is 57.0 Å². The Balaban J connectivity index is 1.24. The van der Waals surface area contributed by atoms with Crippen LogP contribution in [0.5, 0.6) is 0 Å². The largest absolute Gasteiger partial charge is 0.369 e. The van der Waals surface area contributed by atoms with Gasteiger partial charge in [0.05, 0.1) is 12.2 Å². The second-order valence-corrected chi connectivity index (χ2v) is 9.40. The number of carbonyl (C=O) groups is 1. The molecule has 1 aromatic heterocycles. The zero-order chi connectivity index (χ0) is 21.8. The van der Waals surface area contributed by atoms with Gasteiger partial charge in [-0.25, -0.2) is 4.79 Å². The van der Waals surface area contributed by atoms with Gasteiger partial charge >= 0.3 is 6.03 Å². The highest BCUT2D eigenvalue weighted by Crippen LogP contribution is 2.47. The molecule has 1 aliphatic heterocycles. The van der Waals surface area contributed by atoms with Crippen LogP contribution in [-0.2, 0) is 13.0 Å². The van der Waals surface area contributed by atoms with E-state index in [-0.39, 0.29) is 17.5 Å². The zero-order valence-corrected chi connectivity index (χ0v) is 18.9. The van der Waals surface area contributed by atoms with E-state index < -0.39 is 0 Å². The van der Waals surface area contributed by atoms with E-state index in [4.69, 9.17) is 4.52 Å². The number of benzene rings is 1. The fourth-order valence-corrected chi connectivity index (χ4v) is 4.78. The third-order valence-corrected chi connectivity index (χ3v) is 7.05. The number of amides is 2. The number of urea groups is 1. The number of rotatable bonds is 7. The first-order valence-electron chi connectivity index (χ1n) is 11.5. The molecule has 1 aromatic carbocycles. The number of carbonyl (C=O) groups excluding carboxylic acids is 1. The summed E-state index contributed by atoms with van der Waals surface area (Å²) < 4.78 is 5.65. The quantitative estimate of drug-likeness (QED) is 0.712. The Bertz CT molecular complexity index is 858. The molecule has 2 aliphatic rings. The Morgan fingerprint density at radius 3 is 2.61 bits per heavy atom. The van der Waals surface area contributed by atoms with Gasteiger partial charge in [-0.15, -0.1) is 0 Å². The average Bonchev–Trinajstić information content (AvgIpc) is 3.21. The number of nitrogens with one attached hydrogen (secondary N) is 2. The molecule has 1 saturated heterocycles. The van der Waals surface area contributed by atoms with Crippen molar-refractivity contribution in [3.8, 4) is 0 Å². The molecule has 2 amide bonds. The minimum absolute atomic E-state index is 0.0535. The van der Waals surface area contributed by atoms with Gasteiger partial charge in [0.15, 0.2) is 5.76 Å². The number of hydrogen-bond acceptors (Lipinski definition) is 5. The van der Waals surface area contributed by atoms with Gasteiger partial charge in [-0.3, -0.25) is 4.90 Å². The van der Waals surface area contributed by atoms with Gasteiger partial charge in [-0.05, 0) is 43.2 Å². The van der Waals surface area contributed by atoms with Crippen LogP contribution < -0.4 is 15.5 Å². The maximum Gasteiger partial charge on any atom is 0.315 e. The lowest BCUT2D eigenvalue weighted by Gasteiger charge is -2.52. The summed E-state index contributed by atoms with van der Waals surface area (Å²) in [7, 11) is 0. The molecule has 1 saturated carbocycles. The predicted octanol–water partition coefficient (Wildman–Crippen LogP) is 3.27. The minimum atomic E-state index is -0.0740. The summed E-state index contributed by atoms with van der Waals surface area (Å²) in [6, 6.07) is 12.9. The smallest absolute Gasteiger partial charge is 0.315 e. The Morgan fingerprint density at radius 1 is 1.19 bits per heavy atom. The van der Waals surface area contributed by atoms with Crippen molar-refractivity contribution in [2.24, 2.45) is 11.3 Å². The molecular formula is C24H35N5O2. The normalized spacial score (nSPS) is 23.3. The topological polar surface area (TPSA) is 73.6 Å². The third kappa shape index (κ3) is 5.03. The van der Waals surface area contributed by atoms with Crippen LogP contribution in [0.1, 0.15) is 38.6 Å². The maximum atomic E-state index is 11.8. The van der Waals surface area contributed by atoms with Gasteiger partial charge in [0.25, 0.3) is 0 Å². The van der Waals surface area contributed by atoms with Gasteiger partial charge in [0, 0.05) is 50.5 Å². The van der Waals surface area contributed by atoms with Crippen molar-refractivity contribution in [2.75, 3.05) is 37.6 Å². The van der Waals surface area contributed by atoms with Crippen molar-refractivity contribution in [3.63, 3.8) is 0 Å². The third-order valence-electron chi connectivity index (χ3n) is 7.05. The fourth-order valence-electron chi connectivity index (χ4n) is 4.78. The highest BCUT2D eigenvalue weighted by atomic mass is 16.5. The van der Waals surface area contributed by atoms with E-state index >= 15 is 0 Å². The molecule has 2 aromatic rings. The van der Waals surface area contributed by atoms with Crippen molar-refractivity contribution in [3.05, 3.63) is 47.9 Å². The van der Waals surface area contributed by atoms with E-state index in [2.05, 4.69) is 75.8 Å². The maximum absolute atomic E-state index is 11.8. The second-order valence-electron chi connectivity index (χ2n) is 9.40. The number of aromatic nitrogens is 1. The first kappa shape index (κ1) is 21.7. The number of hydrogen-bond donors (Lipinski definition) is 2. The lowest BCUT2D eigenvalue weighted by atomic mass is 9.57. The molecule has 1 aliphatic carbocycles. The average molecular weight is 426 g/mol. The predicted molar refractivity (Wildman–Crippen MR) is 122 cm³/mol.